The number of hydrogen-bond donors (Lipinski definition) is 1. The number of hydrogen-bond acceptors (Lipinski definition) is 6. The van der Waals surface area contributed by atoms with Crippen molar-refractivity contribution in [2.24, 2.45) is 0 Å². The number of aromatic nitrogens is 1. The highest BCUT2D eigenvalue weighted by Gasteiger charge is 2.19. The zero-order chi connectivity index (χ0) is 15.8. The van der Waals surface area contributed by atoms with Crippen LogP contribution in [0.1, 0.15) is 37.8 Å². The lowest BCUT2D eigenvalue weighted by Gasteiger charge is -2.26. The van der Waals surface area contributed by atoms with Crippen molar-refractivity contribution in [2.75, 3.05) is 31.1 Å². The topological polar surface area (TPSA) is 37.4 Å². The van der Waals surface area contributed by atoms with E-state index in [-0.39, 0.29) is 0 Å². The number of anilines is 1. The maximum absolute atomic E-state index is 5.30. The van der Waals surface area contributed by atoms with Crippen LogP contribution in [0.2, 0.25) is 0 Å². The molecule has 0 saturated heterocycles. The van der Waals surface area contributed by atoms with Crippen LogP contribution in [0.15, 0.2) is 0 Å². The Morgan fingerprint density at radius 1 is 1.43 bits per heavy atom. The fourth-order valence-electron chi connectivity index (χ4n) is 2.06. The zero-order valence-electron chi connectivity index (χ0n) is 14.1. The van der Waals surface area contributed by atoms with Crippen LogP contribution in [0.3, 0.4) is 0 Å². The van der Waals surface area contributed by atoms with Gasteiger partial charge in [0.15, 0.2) is 5.13 Å². The Hall–Kier alpha value is -0.300. The second-order valence-corrected chi connectivity index (χ2v) is 7.44. The highest BCUT2D eigenvalue weighted by Crippen LogP contribution is 2.28. The molecule has 1 rings (SSSR count). The first-order chi connectivity index (χ1) is 10.0. The van der Waals surface area contributed by atoms with Crippen LogP contribution in [-0.4, -0.2) is 43.2 Å². The molecule has 1 atom stereocenters. The molecular formula is C15H29N3OS2. The maximum atomic E-state index is 5.30. The molecule has 4 nitrogen and oxygen atoms in total. The largest absolute Gasteiger partial charge is 0.378 e. The summed E-state index contributed by atoms with van der Waals surface area (Å²) in [7, 11) is 3.88. The average Bonchev–Trinajstić information content (AvgIpc) is 2.85. The lowest BCUT2D eigenvalue weighted by Crippen LogP contribution is -2.33. The van der Waals surface area contributed by atoms with E-state index in [1.807, 2.05) is 11.8 Å². The van der Waals surface area contributed by atoms with Crippen LogP contribution < -0.4 is 10.2 Å². The summed E-state index contributed by atoms with van der Waals surface area (Å²) in [4.78, 5) is 8.40. The smallest absolute Gasteiger partial charge is 0.185 e. The van der Waals surface area contributed by atoms with Gasteiger partial charge in [-0.1, -0.05) is 20.8 Å². The molecular weight excluding hydrogens is 302 g/mol. The first-order valence-electron chi connectivity index (χ1n) is 7.46. The van der Waals surface area contributed by atoms with Gasteiger partial charge >= 0.3 is 0 Å². The molecule has 1 aromatic rings. The van der Waals surface area contributed by atoms with Gasteiger partial charge < -0.3 is 15.0 Å². The van der Waals surface area contributed by atoms with E-state index in [1.165, 1.54) is 4.88 Å². The molecule has 0 fully saturated rings. The quantitative estimate of drug-likeness (QED) is 0.711. The molecule has 0 aliphatic rings. The number of nitrogens with zero attached hydrogens (tertiary/aromatic N) is 2. The maximum Gasteiger partial charge on any atom is 0.185 e. The predicted octanol–water partition coefficient (Wildman–Crippen LogP) is 3.37. The standard InChI is InChI=1S/C15H29N3OS2/c1-7-12(10-20-6)18(4)15-17-13(9-19-5)14(21-15)8-16-11(2)3/h11-12,16H,7-10H2,1-6H3. The number of ether oxygens (including phenoxy) is 1. The fraction of sp³-hybridized carbons (Fsp3) is 0.800. The molecule has 0 aliphatic heterocycles. The van der Waals surface area contributed by atoms with Gasteiger partial charge in [-0.15, -0.1) is 11.3 Å². The summed E-state index contributed by atoms with van der Waals surface area (Å²) in [5.41, 5.74) is 1.07. The molecule has 1 aromatic heterocycles. The van der Waals surface area contributed by atoms with Gasteiger partial charge in [0.2, 0.25) is 0 Å². The summed E-state index contributed by atoms with van der Waals surface area (Å²) < 4.78 is 5.30. The van der Waals surface area contributed by atoms with E-state index in [1.54, 1.807) is 18.4 Å². The van der Waals surface area contributed by atoms with Gasteiger partial charge in [0.25, 0.3) is 0 Å². The summed E-state index contributed by atoms with van der Waals surface area (Å²) in [6, 6.07) is 1.01. The van der Waals surface area contributed by atoms with Crippen molar-refractivity contribution in [3.8, 4) is 0 Å². The third-order valence-electron chi connectivity index (χ3n) is 3.40. The molecule has 1 heterocycles. The Morgan fingerprint density at radius 2 is 2.14 bits per heavy atom. The van der Waals surface area contributed by atoms with E-state index in [2.05, 4.69) is 44.3 Å². The summed E-state index contributed by atoms with van der Waals surface area (Å²) in [5, 5.41) is 4.57. The molecule has 0 aliphatic carbocycles. The highest BCUT2D eigenvalue weighted by molar-refractivity contribution is 7.98. The lowest BCUT2D eigenvalue weighted by atomic mass is 10.2. The SMILES string of the molecule is CCC(CSC)N(C)c1nc(COC)c(CNC(C)C)s1. The van der Waals surface area contributed by atoms with Crippen molar-refractivity contribution >= 4 is 28.2 Å². The molecule has 0 radical (unpaired) electrons. The van der Waals surface area contributed by atoms with E-state index in [0.717, 1.165) is 29.5 Å². The third kappa shape index (κ3) is 5.77. The Morgan fingerprint density at radius 3 is 2.67 bits per heavy atom. The third-order valence-corrected chi connectivity index (χ3v) is 5.30. The average molecular weight is 332 g/mol. The summed E-state index contributed by atoms with van der Waals surface area (Å²) in [6.45, 7) is 8.01. The van der Waals surface area contributed by atoms with E-state index < -0.39 is 0 Å². The fourth-order valence-corrected chi connectivity index (χ4v) is 3.95. The van der Waals surface area contributed by atoms with Gasteiger partial charge in [-0.25, -0.2) is 4.98 Å². The molecule has 0 bridgehead atoms. The first-order valence-corrected chi connectivity index (χ1v) is 9.67. The van der Waals surface area contributed by atoms with Gasteiger partial charge in [0.05, 0.1) is 12.3 Å². The van der Waals surface area contributed by atoms with Crippen molar-refractivity contribution in [3.05, 3.63) is 10.6 Å². The minimum Gasteiger partial charge on any atom is -0.378 e. The molecule has 0 saturated carbocycles. The molecule has 122 valence electrons. The number of rotatable bonds is 10. The molecule has 6 heteroatoms. The molecule has 1 unspecified atom stereocenters. The number of methoxy groups -OCH3 is 1. The molecule has 0 spiro atoms. The van der Waals surface area contributed by atoms with E-state index in [9.17, 15) is 0 Å². The number of thiazole rings is 1. The monoisotopic (exact) mass is 331 g/mol. The van der Waals surface area contributed by atoms with Crippen LogP contribution >= 0.6 is 23.1 Å². The van der Waals surface area contributed by atoms with Gasteiger partial charge in [-0.2, -0.15) is 11.8 Å². The Kier molecular flexibility index (Phi) is 8.63. The molecule has 1 N–H and O–H groups in total. The highest BCUT2D eigenvalue weighted by atomic mass is 32.2. The lowest BCUT2D eigenvalue weighted by molar-refractivity contribution is 0.181. The molecule has 21 heavy (non-hydrogen) atoms. The van der Waals surface area contributed by atoms with Crippen LogP contribution in [0.5, 0.6) is 0 Å². The summed E-state index contributed by atoms with van der Waals surface area (Å²) in [6.07, 6.45) is 3.29. The minimum atomic E-state index is 0.476. The predicted molar refractivity (Wildman–Crippen MR) is 95.7 cm³/mol. The Balaban J connectivity index is 2.88. The molecule has 0 aromatic carbocycles. The zero-order valence-corrected chi connectivity index (χ0v) is 15.7. The normalized spacial score (nSPS) is 12.9. The van der Waals surface area contributed by atoms with Gasteiger partial charge in [0.1, 0.15) is 0 Å². The van der Waals surface area contributed by atoms with Gasteiger partial charge in [0, 0.05) is 43.4 Å². The van der Waals surface area contributed by atoms with Crippen molar-refractivity contribution < 1.29 is 4.74 Å². The van der Waals surface area contributed by atoms with E-state index >= 15 is 0 Å². The number of thioether (sulfide) groups is 1. The van der Waals surface area contributed by atoms with Crippen molar-refractivity contribution in [3.63, 3.8) is 0 Å². The summed E-state index contributed by atoms with van der Waals surface area (Å²) in [5.74, 6) is 1.13. The van der Waals surface area contributed by atoms with Crippen LogP contribution in [0, 0.1) is 0 Å². The van der Waals surface area contributed by atoms with Crippen molar-refractivity contribution in [1.29, 1.82) is 0 Å². The Bertz CT molecular complexity index is 410. The second kappa shape index (κ2) is 9.66. The minimum absolute atomic E-state index is 0.476. The number of nitrogens with one attached hydrogen (secondary N) is 1. The van der Waals surface area contributed by atoms with Crippen LogP contribution in [-0.2, 0) is 17.9 Å². The second-order valence-electron chi connectivity index (χ2n) is 5.46. The van der Waals surface area contributed by atoms with Crippen LogP contribution in [0.4, 0.5) is 5.13 Å². The van der Waals surface area contributed by atoms with E-state index in [0.29, 0.717) is 18.7 Å². The van der Waals surface area contributed by atoms with E-state index in [4.69, 9.17) is 9.72 Å². The first kappa shape index (κ1) is 18.7. The van der Waals surface area contributed by atoms with Gasteiger partial charge in [-0.3, -0.25) is 0 Å². The Labute approximate surface area is 137 Å². The van der Waals surface area contributed by atoms with Crippen molar-refractivity contribution in [1.82, 2.24) is 10.3 Å². The summed E-state index contributed by atoms with van der Waals surface area (Å²) >= 11 is 3.67. The van der Waals surface area contributed by atoms with Gasteiger partial charge in [-0.05, 0) is 12.7 Å². The van der Waals surface area contributed by atoms with Crippen molar-refractivity contribution in [2.45, 2.75) is 52.4 Å². The van der Waals surface area contributed by atoms with Crippen LogP contribution in [0.25, 0.3) is 0 Å². The molecule has 0 amide bonds.